The molecule has 0 N–H and O–H groups in total. The summed E-state index contributed by atoms with van der Waals surface area (Å²) in [7, 11) is 0. The molecular formula is C24H28ClFN2O3. The summed E-state index contributed by atoms with van der Waals surface area (Å²) in [5.74, 6) is 0.748. The number of hydrogen-bond donors (Lipinski definition) is 0. The molecule has 1 atom stereocenters. The van der Waals surface area contributed by atoms with Crippen LogP contribution in [0.3, 0.4) is 0 Å². The van der Waals surface area contributed by atoms with Crippen molar-refractivity contribution in [1.82, 2.24) is 4.90 Å². The molecule has 166 valence electrons. The molecule has 0 bridgehead atoms. The molecule has 5 nitrogen and oxygen atoms in total. The van der Waals surface area contributed by atoms with E-state index in [0.29, 0.717) is 35.5 Å². The fraction of sp³-hybridized carbons (Fsp3) is 0.417. The predicted molar refractivity (Wildman–Crippen MR) is 120 cm³/mol. The largest absolute Gasteiger partial charge is 0.415 e. The van der Waals surface area contributed by atoms with Gasteiger partial charge in [-0.15, -0.1) is 0 Å². The minimum Gasteiger partial charge on any atom is -0.410 e. The van der Waals surface area contributed by atoms with Crippen LogP contribution in [0.4, 0.5) is 14.9 Å². The van der Waals surface area contributed by atoms with E-state index >= 15 is 0 Å². The molecule has 1 fully saturated rings. The molecule has 2 aromatic carbocycles. The number of hydrogen-bond acceptors (Lipinski definition) is 3. The van der Waals surface area contributed by atoms with Crippen molar-refractivity contribution in [1.29, 1.82) is 0 Å². The first-order valence-corrected chi connectivity index (χ1v) is 11.0. The van der Waals surface area contributed by atoms with Crippen LogP contribution in [0.15, 0.2) is 48.5 Å². The Bertz CT molecular complexity index is 865. The van der Waals surface area contributed by atoms with Crippen molar-refractivity contribution >= 4 is 29.8 Å². The summed E-state index contributed by atoms with van der Waals surface area (Å²) < 4.78 is 18.8. The zero-order chi connectivity index (χ0) is 22.4. The summed E-state index contributed by atoms with van der Waals surface area (Å²) in [5.41, 5.74) is 0.687. The molecule has 1 aliphatic heterocycles. The van der Waals surface area contributed by atoms with Gasteiger partial charge in [-0.05, 0) is 79.6 Å². The highest BCUT2D eigenvalue weighted by atomic mass is 35.5. The number of nitrogens with zero attached hydrogens (tertiary/aromatic N) is 2. The third-order valence-corrected chi connectivity index (χ3v) is 5.92. The third-order valence-electron chi connectivity index (χ3n) is 5.67. The molecule has 0 aromatic heterocycles. The van der Waals surface area contributed by atoms with E-state index in [1.807, 2.05) is 0 Å². The molecule has 1 unspecified atom stereocenters. The van der Waals surface area contributed by atoms with Gasteiger partial charge in [0.05, 0.1) is 0 Å². The number of carbonyl (C=O) groups excluding carboxylic acids is 2. The van der Waals surface area contributed by atoms with Crippen LogP contribution in [0.2, 0.25) is 5.02 Å². The highest BCUT2D eigenvalue weighted by molar-refractivity contribution is 6.30. The van der Waals surface area contributed by atoms with Gasteiger partial charge in [0.2, 0.25) is 6.41 Å². The molecule has 0 saturated carbocycles. The standard InChI is InChI=1S/C24H28ClFN2O3/c1-17(2)15-23(28(16-29)21-7-5-20(26)6-8-21)18-11-13-27(14-12-18)24(30)31-22-9-3-19(25)4-10-22/h3-10,16-18,23H,11-15H2,1-2H3. The van der Waals surface area contributed by atoms with Crippen LogP contribution in [-0.4, -0.2) is 36.5 Å². The highest BCUT2D eigenvalue weighted by Gasteiger charge is 2.33. The number of benzene rings is 2. The molecule has 1 saturated heterocycles. The molecule has 0 aliphatic carbocycles. The van der Waals surface area contributed by atoms with Crippen LogP contribution >= 0.6 is 11.6 Å². The molecule has 2 aromatic rings. The molecule has 1 aliphatic rings. The first kappa shape index (κ1) is 23.1. The second-order valence-electron chi connectivity index (χ2n) is 8.33. The maximum atomic E-state index is 13.4. The molecule has 0 spiro atoms. The second-order valence-corrected chi connectivity index (χ2v) is 8.77. The Morgan fingerprint density at radius 1 is 1.16 bits per heavy atom. The zero-order valence-corrected chi connectivity index (χ0v) is 18.6. The fourth-order valence-electron chi connectivity index (χ4n) is 4.09. The van der Waals surface area contributed by atoms with Crippen molar-refractivity contribution in [3.05, 3.63) is 59.4 Å². The second kappa shape index (κ2) is 10.6. The van der Waals surface area contributed by atoms with Gasteiger partial charge >= 0.3 is 6.09 Å². The van der Waals surface area contributed by atoms with E-state index in [2.05, 4.69) is 13.8 Å². The summed E-state index contributed by atoms with van der Waals surface area (Å²) in [6.45, 7) is 5.36. The maximum Gasteiger partial charge on any atom is 0.415 e. The van der Waals surface area contributed by atoms with Crippen molar-refractivity contribution in [2.45, 2.75) is 39.2 Å². The van der Waals surface area contributed by atoms with Crippen molar-refractivity contribution in [3.63, 3.8) is 0 Å². The number of rotatable bonds is 7. The van der Waals surface area contributed by atoms with E-state index < -0.39 is 0 Å². The number of carbonyl (C=O) groups is 2. The van der Waals surface area contributed by atoms with Crippen molar-refractivity contribution in [3.8, 4) is 5.75 Å². The van der Waals surface area contributed by atoms with Crippen molar-refractivity contribution in [2.75, 3.05) is 18.0 Å². The van der Waals surface area contributed by atoms with Gasteiger partial charge in [-0.2, -0.15) is 0 Å². The van der Waals surface area contributed by atoms with Crippen LogP contribution in [0, 0.1) is 17.7 Å². The highest BCUT2D eigenvalue weighted by Crippen LogP contribution is 2.31. The maximum absolute atomic E-state index is 13.4. The summed E-state index contributed by atoms with van der Waals surface area (Å²) >= 11 is 5.87. The first-order chi connectivity index (χ1) is 14.9. The molecule has 1 heterocycles. The Labute approximate surface area is 187 Å². The molecule has 31 heavy (non-hydrogen) atoms. The molecule has 2 amide bonds. The summed E-state index contributed by atoms with van der Waals surface area (Å²) in [5, 5.41) is 0.581. The normalized spacial score (nSPS) is 15.6. The van der Waals surface area contributed by atoms with E-state index in [1.54, 1.807) is 46.2 Å². The third kappa shape index (κ3) is 6.20. The average molecular weight is 447 g/mol. The smallest absolute Gasteiger partial charge is 0.410 e. The van der Waals surface area contributed by atoms with Crippen molar-refractivity contribution < 1.29 is 18.7 Å². The van der Waals surface area contributed by atoms with Gasteiger partial charge in [-0.1, -0.05) is 25.4 Å². The van der Waals surface area contributed by atoms with E-state index in [9.17, 15) is 14.0 Å². The van der Waals surface area contributed by atoms with E-state index in [1.165, 1.54) is 12.1 Å². The van der Waals surface area contributed by atoms with Gasteiger partial charge in [0.1, 0.15) is 11.6 Å². The Balaban J connectivity index is 1.65. The zero-order valence-electron chi connectivity index (χ0n) is 17.8. The fourth-order valence-corrected chi connectivity index (χ4v) is 4.22. The van der Waals surface area contributed by atoms with Gasteiger partial charge < -0.3 is 14.5 Å². The minimum absolute atomic E-state index is 0.0163. The van der Waals surface area contributed by atoms with Crippen LogP contribution in [0.5, 0.6) is 5.75 Å². The average Bonchev–Trinajstić information content (AvgIpc) is 2.76. The predicted octanol–water partition coefficient (Wildman–Crippen LogP) is 5.77. The lowest BCUT2D eigenvalue weighted by molar-refractivity contribution is -0.108. The first-order valence-electron chi connectivity index (χ1n) is 10.6. The van der Waals surface area contributed by atoms with Crippen molar-refractivity contribution in [2.24, 2.45) is 11.8 Å². The number of ether oxygens (including phenoxy) is 1. The number of amides is 2. The Kier molecular flexibility index (Phi) is 7.91. The Hall–Kier alpha value is -2.60. The lowest BCUT2D eigenvalue weighted by Crippen LogP contribution is -2.47. The van der Waals surface area contributed by atoms with Crippen LogP contribution in [0.25, 0.3) is 0 Å². The van der Waals surface area contributed by atoms with E-state index in [-0.39, 0.29) is 23.9 Å². The minimum atomic E-state index is -0.382. The van der Waals surface area contributed by atoms with Gasteiger partial charge in [0.15, 0.2) is 0 Å². The summed E-state index contributed by atoms with van der Waals surface area (Å²) in [6.07, 6.45) is 2.81. The van der Waals surface area contributed by atoms with E-state index in [4.69, 9.17) is 16.3 Å². The molecule has 0 radical (unpaired) electrons. The number of anilines is 1. The number of piperidine rings is 1. The molecule has 7 heteroatoms. The summed E-state index contributed by atoms with van der Waals surface area (Å²) in [6, 6.07) is 12.7. The SMILES string of the molecule is CC(C)CC(C1CCN(C(=O)Oc2ccc(Cl)cc2)CC1)N(C=O)c1ccc(F)cc1. The Morgan fingerprint density at radius 2 is 1.77 bits per heavy atom. The summed E-state index contributed by atoms with van der Waals surface area (Å²) in [4.78, 5) is 27.9. The van der Waals surface area contributed by atoms with Crippen LogP contribution in [0.1, 0.15) is 33.1 Å². The van der Waals surface area contributed by atoms with Crippen LogP contribution < -0.4 is 9.64 Å². The van der Waals surface area contributed by atoms with Gasteiger partial charge in [0.25, 0.3) is 0 Å². The number of halogens is 2. The van der Waals surface area contributed by atoms with Gasteiger partial charge in [-0.25, -0.2) is 9.18 Å². The van der Waals surface area contributed by atoms with Crippen LogP contribution in [-0.2, 0) is 4.79 Å². The number of likely N-dealkylation sites (tertiary alicyclic amines) is 1. The molecule has 3 rings (SSSR count). The van der Waals surface area contributed by atoms with Gasteiger partial charge in [0, 0.05) is 29.8 Å². The monoisotopic (exact) mass is 446 g/mol. The topological polar surface area (TPSA) is 49.9 Å². The molecular weight excluding hydrogens is 419 g/mol. The van der Waals surface area contributed by atoms with E-state index in [0.717, 1.165) is 25.7 Å². The lowest BCUT2D eigenvalue weighted by Gasteiger charge is -2.40. The quantitative estimate of drug-likeness (QED) is 0.507. The van der Waals surface area contributed by atoms with Gasteiger partial charge in [-0.3, -0.25) is 4.79 Å². The lowest BCUT2D eigenvalue weighted by atomic mass is 9.84. The Morgan fingerprint density at radius 3 is 2.32 bits per heavy atom.